The minimum atomic E-state index is -1.91. The van der Waals surface area contributed by atoms with E-state index in [0.29, 0.717) is 22.5 Å². The summed E-state index contributed by atoms with van der Waals surface area (Å²) in [5.74, 6) is 1.89. The van der Waals surface area contributed by atoms with Crippen molar-refractivity contribution in [1.29, 1.82) is 0 Å². The van der Waals surface area contributed by atoms with Crippen molar-refractivity contribution < 1.29 is 4.43 Å². The van der Waals surface area contributed by atoms with Gasteiger partial charge in [-0.3, -0.25) is 0 Å². The minimum Gasteiger partial charge on any atom is -0.542 e. The monoisotopic (exact) mass is 340 g/mol. The number of hydrogen-bond acceptors (Lipinski definition) is 1. The molecular formula is C22H32OSi. The summed E-state index contributed by atoms with van der Waals surface area (Å²) in [6.45, 7) is 14.2. The van der Waals surface area contributed by atoms with E-state index in [-0.39, 0.29) is 0 Å². The SMILES string of the molecule is CC(C)[Si](Oc1cc2ccccc2cc1C1CC1)(C(C)C)C(C)C. The highest BCUT2D eigenvalue weighted by Crippen LogP contribution is 2.49. The van der Waals surface area contributed by atoms with Gasteiger partial charge in [-0.2, -0.15) is 0 Å². The van der Waals surface area contributed by atoms with Gasteiger partial charge in [0.1, 0.15) is 5.75 Å². The molecule has 0 spiro atoms. The second-order valence-corrected chi connectivity index (χ2v) is 13.8. The molecule has 1 aliphatic carbocycles. The van der Waals surface area contributed by atoms with E-state index in [9.17, 15) is 0 Å². The summed E-state index contributed by atoms with van der Waals surface area (Å²) in [7, 11) is -1.91. The maximum absolute atomic E-state index is 7.07. The summed E-state index contributed by atoms with van der Waals surface area (Å²) < 4.78 is 7.07. The Bertz CT molecular complexity index is 691. The average molecular weight is 341 g/mol. The molecule has 1 fully saturated rings. The number of rotatable bonds is 6. The number of hydrogen-bond donors (Lipinski definition) is 0. The largest absolute Gasteiger partial charge is 0.542 e. The number of benzene rings is 2. The van der Waals surface area contributed by atoms with E-state index >= 15 is 0 Å². The van der Waals surface area contributed by atoms with Gasteiger partial charge < -0.3 is 4.43 Å². The fourth-order valence-electron chi connectivity index (χ4n) is 4.58. The summed E-state index contributed by atoms with van der Waals surface area (Å²) in [5, 5.41) is 2.65. The van der Waals surface area contributed by atoms with Crippen LogP contribution >= 0.6 is 0 Å². The zero-order chi connectivity index (χ0) is 17.5. The molecule has 0 saturated heterocycles. The van der Waals surface area contributed by atoms with Gasteiger partial charge in [0.25, 0.3) is 8.32 Å². The summed E-state index contributed by atoms with van der Waals surface area (Å²) in [4.78, 5) is 0. The van der Waals surface area contributed by atoms with Crippen LogP contribution in [0.4, 0.5) is 0 Å². The van der Waals surface area contributed by atoms with E-state index in [1.54, 1.807) is 0 Å². The van der Waals surface area contributed by atoms with Gasteiger partial charge in [-0.15, -0.1) is 0 Å². The number of fused-ring (bicyclic) bond motifs is 1. The maximum Gasteiger partial charge on any atom is 0.258 e. The van der Waals surface area contributed by atoms with Gasteiger partial charge in [-0.1, -0.05) is 65.8 Å². The van der Waals surface area contributed by atoms with Crippen LogP contribution in [0.1, 0.15) is 65.9 Å². The van der Waals surface area contributed by atoms with E-state index in [0.717, 1.165) is 0 Å². The van der Waals surface area contributed by atoms with Crippen LogP contribution in [0.15, 0.2) is 36.4 Å². The molecule has 1 aliphatic rings. The lowest BCUT2D eigenvalue weighted by Gasteiger charge is -2.42. The summed E-state index contributed by atoms with van der Waals surface area (Å²) in [6, 6.07) is 13.4. The predicted molar refractivity (Wildman–Crippen MR) is 108 cm³/mol. The molecule has 2 aromatic rings. The topological polar surface area (TPSA) is 9.23 Å². The van der Waals surface area contributed by atoms with Gasteiger partial charge in [0.15, 0.2) is 0 Å². The van der Waals surface area contributed by atoms with Crippen molar-refractivity contribution in [3.63, 3.8) is 0 Å². The van der Waals surface area contributed by atoms with Crippen molar-refractivity contribution in [1.82, 2.24) is 0 Å². The van der Waals surface area contributed by atoms with Gasteiger partial charge in [-0.05, 0) is 63.9 Å². The van der Waals surface area contributed by atoms with Crippen molar-refractivity contribution >= 4 is 19.1 Å². The fourth-order valence-corrected chi connectivity index (χ4v) is 9.85. The Labute approximate surface area is 148 Å². The van der Waals surface area contributed by atoms with Crippen LogP contribution in [0.2, 0.25) is 16.6 Å². The Morgan fingerprint density at radius 2 is 1.33 bits per heavy atom. The first-order valence-corrected chi connectivity index (χ1v) is 11.7. The lowest BCUT2D eigenvalue weighted by atomic mass is 10.0. The zero-order valence-corrected chi connectivity index (χ0v) is 17.1. The van der Waals surface area contributed by atoms with E-state index in [2.05, 4.69) is 77.9 Å². The van der Waals surface area contributed by atoms with Crippen molar-refractivity contribution in [2.75, 3.05) is 0 Å². The van der Waals surface area contributed by atoms with E-state index in [1.165, 1.54) is 34.9 Å². The average Bonchev–Trinajstić information content (AvgIpc) is 3.35. The molecule has 0 atom stereocenters. The molecule has 24 heavy (non-hydrogen) atoms. The van der Waals surface area contributed by atoms with Crippen LogP contribution in [0.25, 0.3) is 10.8 Å². The maximum atomic E-state index is 7.07. The molecule has 0 aliphatic heterocycles. The molecule has 1 nitrogen and oxygen atoms in total. The summed E-state index contributed by atoms with van der Waals surface area (Å²) in [5.41, 5.74) is 3.27. The molecule has 0 amide bonds. The Balaban J connectivity index is 2.11. The van der Waals surface area contributed by atoms with E-state index in [1.807, 2.05) is 0 Å². The predicted octanol–water partition coefficient (Wildman–Crippen LogP) is 7.27. The first-order chi connectivity index (χ1) is 11.4. The Morgan fingerprint density at radius 1 is 0.833 bits per heavy atom. The third-order valence-corrected chi connectivity index (χ3v) is 11.9. The van der Waals surface area contributed by atoms with Gasteiger partial charge in [0.05, 0.1) is 0 Å². The van der Waals surface area contributed by atoms with Gasteiger partial charge >= 0.3 is 0 Å². The molecule has 0 radical (unpaired) electrons. The Kier molecular flexibility index (Phi) is 4.79. The second kappa shape index (κ2) is 6.55. The van der Waals surface area contributed by atoms with Crippen molar-refractivity contribution in [2.24, 2.45) is 0 Å². The minimum absolute atomic E-state index is 0.607. The molecule has 2 heteroatoms. The second-order valence-electron chi connectivity index (χ2n) is 8.43. The Hall–Kier alpha value is -1.28. The Morgan fingerprint density at radius 3 is 1.79 bits per heavy atom. The molecule has 0 unspecified atom stereocenters. The van der Waals surface area contributed by atoms with Gasteiger partial charge in [0.2, 0.25) is 0 Å². The van der Waals surface area contributed by atoms with Crippen LogP contribution in [0.5, 0.6) is 5.75 Å². The lowest BCUT2D eigenvalue weighted by molar-refractivity contribution is 0.475. The lowest BCUT2D eigenvalue weighted by Crippen LogP contribution is -2.50. The molecule has 0 aromatic heterocycles. The van der Waals surface area contributed by atoms with Crippen LogP contribution in [-0.4, -0.2) is 8.32 Å². The quantitative estimate of drug-likeness (QED) is 0.502. The molecule has 0 bridgehead atoms. The van der Waals surface area contributed by atoms with Gasteiger partial charge in [-0.25, -0.2) is 0 Å². The highest BCUT2D eigenvalue weighted by atomic mass is 28.4. The molecule has 0 N–H and O–H groups in total. The van der Waals surface area contributed by atoms with Crippen molar-refractivity contribution in [3.8, 4) is 5.75 Å². The van der Waals surface area contributed by atoms with Crippen LogP contribution in [0.3, 0.4) is 0 Å². The standard InChI is InChI=1S/C22H32OSi/c1-15(2)24(16(3)4,17(5)6)23-22-14-20-10-8-7-9-19(20)13-21(22)18-11-12-18/h7-10,13-18H,11-12H2,1-6H3. The highest BCUT2D eigenvalue weighted by Gasteiger charge is 2.47. The van der Waals surface area contributed by atoms with Crippen LogP contribution in [-0.2, 0) is 0 Å². The molecule has 0 heterocycles. The fraction of sp³-hybridized carbons (Fsp3) is 0.545. The normalized spacial score (nSPS) is 15.7. The third-order valence-electron chi connectivity index (χ3n) is 5.89. The van der Waals surface area contributed by atoms with Crippen LogP contribution < -0.4 is 4.43 Å². The molecule has 130 valence electrons. The smallest absolute Gasteiger partial charge is 0.258 e. The summed E-state index contributed by atoms with van der Waals surface area (Å²) in [6.07, 6.45) is 2.63. The van der Waals surface area contributed by atoms with Crippen LogP contribution in [0, 0.1) is 0 Å². The first-order valence-electron chi connectivity index (χ1n) is 9.58. The van der Waals surface area contributed by atoms with E-state index < -0.39 is 8.32 Å². The zero-order valence-electron chi connectivity index (χ0n) is 16.1. The summed E-state index contributed by atoms with van der Waals surface area (Å²) >= 11 is 0. The van der Waals surface area contributed by atoms with Gasteiger partial charge in [0, 0.05) is 0 Å². The molecule has 3 rings (SSSR count). The molecule has 1 saturated carbocycles. The molecular weight excluding hydrogens is 308 g/mol. The third kappa shape index (κ3) is 3.01. The van der Waals surface area contributed by atoms with Crippen molar-refractivity contribution in [3.05, 3.63) is 42.0 Å². The highest BCUT2D eigenvalue weighted by molar-refractivity contribution is 6.78. The first kappa shape index (κ1) is 17.5. The van der Waals surface area contributed by atoms with E-state index in [4.69, 9.17) is 4.43 Å². The molecule has 2 aromatic carbocycles. The van der Waals surface area contributed by atoms with Crippen molar-refractivity contribution in [2.45, 2.75) is 76.9 Å².